The number of H-pyrrole nitrogens is 1. The summed E-state index contributed by atoms with van der Waals surface area (Å²) < 4.78 is 28.0. The molecule has 2 atom stereocenters. The molecule has 1 saturated carbocycles. The first-order valence-electron chi connectivity index (χ1n) is 16.3. The molecule has 13 nitrogen and oxygen atoms in total. The van der Waals surface area contributed by atoms with Crippen LogP contribution in [0, 0.1) is 0 Å². The zero-order valence-electron chi connectivity index (χ0n) is 26.5. The molecule has 250 valence electrons. The highest BCUT2D eigenvalue weighted by Crippen LogP contribution is 2.35. The fraction of sp³-hybridized carbons (Fsp3) is 0.656. The molecular formula is C32H50N6O7. The molecule has 2 fully saturated rings. The van der Waals surface area contributed by atoms with Gasteiger partial charge in [-0.3, -0.25) is 14.8 Å². The minimum Gasteiger partial charge on any atom is -0.491 e. The summed E-state index contributed by atoms with van der Waals surface area (Å²) in [6.07, 6.45) is 3.05. The van der Waals surface area contributed by atoms with Gasteiger partial charge in [-0.1, -0.05) is 19.1 Å². The van der Waals surface area contributed by atoms with Gasteiger partial charge in [-0.15, -0.1) is 0 Å². The van der Waals surface area contributed by atoms with Crippen LogP contribution in [-0.4, -0.2) is 119 Å². The Kier molecular flexibility index (Phi) is 15.4. The SMILES string of the molecule is CCCNC(=O)O[C@H]1CC[C@@H](c2cc(NC(=O)Cc3ccc(OCCOCCOCCOCCN4CCNCC4)cc3)n[nH]2)C1. The molecule has 0 radical (unpaired) electrons. The van der Waals surface area contributed by atoms with Crippen molar-refractivity contribution in [3.63, 3.8) is 0 Å². The smallest absolute Gasteiger partial charge is 0.407 e. The van der Waals surface area contributed by atoms with E-state index >= 15 is 0 Å². The van der Waals surface area contributed by atoms with Crippen LogP contribution < -0.4 is 20.7 Å². The third-order valence-electron chi connectivity index (χ3n) is 7.77. The van der Waals surface area contributed by atoms with E-state index in [9.17, 15) is 9.59 Å². The molecule has 13 heteroatoms. The number of benzene rings is 1. The second kappa shape index (κ2) is 20.0. The Balaban J connectivity index is 1.00. The molecule has 4 rings (SSSR count). The minimum absolute atomic E-state index is 0.111. The zero-order chi connectivity index (χ0) is 31.5. The molecule has 0 spiro atoms. The predicted molar refractivity (Wildman–Crippen MR) is 170 cm³/mol. The summed E-state index contributed by atoms with van der Waals surface area (Å²) in [5.41, 5.74) is 1.80. The Morgan fingerprint density at radius 1 is 0.956 bits per heavy atom. The van der Waals surface area contributed by atoms with Gasteiger partial charge in [0.2, 0.25) is 5.91 Å². The predicted octanol–water partition coefficient (Wildman–Crippen LogP) is 2.70. The third-order valence-corrected chi connectivity index (χ3v) is 7.77. The number of carbonyl (C=O) groups excluding carboxylic acids is 2. The van der Waals surface area contributed by atoms with E-state index in [2.05, 4.69) is 31.0 Å². The fourth-order valence-corrected chi connectivity index (χ4v) is 5.32. The van der Waals surface area contributed by atoms with E-state index in [1.54, 1.807) is 0 Å². The molecule has 45 heavy (non-hydrogen) atoms. The van der Waals surface area contributed by atoms with Crippen molar-refractivity contribution in [2.75, 3.05) is 90.8 Å². The van der Waals surface area contributed by atoms with Gasteiger partial charge in [-0.2, -0.15) is 5.10 Å². The number of alkyl carbamates (subject to hydrolysis) is 1. The lowest BCUT2D eigenvalue weighted by Crippen LogP contribution is -2.44. The van der Waals surface area contributed by atoms with Crippen molar-refractivity contribution in [1.29, 1.82) is 0 Å². The Morgan fingerprint density at radius 2 is 1.67 bits per heavy atom. The lowest BCUT2D eigenvalue weighted by Gasteiger charge is -2.26. The molecular weight excluding hydrogens is 580 g/mol. The highest BCUT2D eigenvalue weighted by Gasteiger charge is 2.30. The number of nitrogens with zero attached hydrogens (tertiary/aromatic N) is 2. The van der Waals surface area contributed by atoms with Gasteiger partial charge in [0.1, 0.15) is 18.5 Å². The highest BCUT2D eigenvalue weighted by molar-refractivity contribution is 5.91. The molecule has 0 bridgehead atoms. The normalized spacial score (nSPS) is 18.5. The maximum Gasteiger partial charge on any atom is 0.407 e. The molecule has 1 aromatic heterocycles. The molecule has 1 aromatic carbocycles. The number of ether oxygens (including phenoxy) is 5. The molecule has 0 unspecified atom stereocenters. The first kappa shape index (κ1) is 34.6. The number of hydrogen-bond acceptors (Lipinski definition) is 10. The number of anilines is 1. The molecule has 2 heterocycles. The van der Waals surface area contributed by atoms with E-state index in [0.717, 1.165) is 82.0 Å². The van der Waals surface area contributed by atoms with Gasteiger partial charge in [-0.25, -0.2) is 4.79 Å². The first-order valence-corrected chi connectivity index (χ1v) is 16.3. The number of hydrogen-bond donors (Lipinski definition) is 4. The minimum atomic E-state index is -0.361. The van der Waals surface area contributed by atoms with Gasteiger partial charge in [0.25, 0.3) is 0 Å². The third kappa shape index (κ3) is 13.3. The maximum absolute atomic E-state index is 12.6. The summed E-state index contributed by atoms with van der Waals surface area (Å²) in [4.78, 5) is 26.8. The van der Waals surface area contributed by atoms with Crippen molar-refractivity contribution in [2.24, 2.45) is 0 Å². The van der Waals surface area contributed by atoms with Crippen LogP contribution in [0.3, 0.4) is 0 Å². The fourth-order valence-electron chi connectivity index (χ4n) is 5.32. The van der Waals surface area contributed by atoms with Crippen LogP contribution in [0.5, 0.6) is 5.75 Å². The maximum atomic E-state index is 12.6. The van der Waals surface area contributed by atoms with Gasteiger partial charge in [0.05, 0.1) is 46.1 Å². The van der Waals surface area contributed by atoms with Crippen molar-refractivity contribution >= 4 is 17.8 Å². The van der Waals surface area contributed by atoms with Crippen molar-refractivity contribution < 1.29 is 33.3 Å². The number of aromatic amines is 1. The number of nitrogens with one attached hydrogen (secondary N) is 4. The number of piperazine rings is 1. The molecule has 1 aliphatic heterocycles. The molecule has 2 aliphatic rings. The van der Waals surface area contributed by atoms with Crippen molar-refractivity contribution in [1.82, 2.24) is 25.7 Å². The van der Waals surface area contributed by atoms with Crippen LogP contribution in [-0.2, 0) is 30.2 Å². The lowest BCUT2D eigenvalue weighted by molar-refractivity contribution is -0.115. The summed E-state index contributed by atoms with van der Waals surface area (Å²) in [6.45, 7) is 11.7. The molecule has 1 saturated heterocycles. The Bertz CT molecular complexity index is 1130. The van der Waals surface area contributed by atoms with E-state index in [4.69, 9.17) is 23.7 Å². The van der Waals surface area contributed by atoms with Crippen molar-refractivity contribution in [3.8, 4) is 5.75 Å². The summed E-state index contributed by atoms with van der Waals surface area (Å²) in [5, 5.41) is 16.2. The van der Waals surface area contributed by atoms with E-state index in [1.807, 2.05) is 37.3 Å². The zero-order valence-corrected chi connectivity index (χ0v) is 26.5. The number of amides is 2. The quantitative estimate of drug-likeness (QED) is 0.161. The second-order valence-corrected chi connectivity index (χ2v) is 11.3. The molecule has 1 aliphatic carbocycles. The van der Waals surface area contributed by atoms with Crippen LogP contribution >= 0.6 is 0 Å². The Morgan fingerprint density at radius 3 is 2.40 bits per heavy atom. The number of rotatable bonds is 20. The summed E-state index contributed by atoms with van der Waals surface area (Å²) in [7, 11) is 0. The monoisotopic (exact) mass is 630 g/mol. The van der Waals surface area contributed by atoms with E-state index < -0.39 is 0 Å². The second-order valence-electron chi connectivity index (χ2n) is 11.3. The summed E-state index contributed by atoms with van der Waals surface area (Å²) in [6, 6.07) is 9.31. The number of aromatic nitrogens is 2. The van der Waals surface area contributed by atoms with Crippen LogP contribution in [0.2, 0.25) is 0 Å². The topological polar surface area (TPSA) is 148 Å². The van der Waals surface area contributed by atoms with Crippen molar-refractivity contribution in [2.45, 2.75) is 51.0 Å². The van der Waals surface area contributed by atoms with Gasteiger partial charge in [0.15, 0.2) is 5.82 Å². The molecule has 2 aromatic rings. The summed E-state index contributed by atoms with van der Waals surface area (Å²) in [5.74, 6) is 1.26. The van der Waals surface area contributed by atoms with Gasteiger partial charge in [-0.05, 0) is 43.4 Å². The van der Waals surface area contributed by atoms with Gasteiger partial charge in [0, 0.05) is 56.9 Å². The van der Waals surface area contributed by atoms with E-state index in [0.29, 0.717) is 52.0 Å². The van der Waals surface area contributed by atoms with Crippen LogP contribution in [0.15, 0.2) is 30.3 Å². The van der Waals surface area contributed by atoms with Crippen LogP contribution in [0.4, 0.5) is 10.6 Å². The molecule has 2 amide bonds. The Labute approximate surface area is 266 Å². The number of carbonyl (C=O) groups is 2. The van der Waals surface area contributed by atoms with Crippen LogP contribution in [0.25, 0.3) is 0 Å². The standard InChI is InChI=1S/C32H50N6O7/c1-2-9-34-32(40)45-28-8-5-26(23-28)29-24-30(37-36-29)35-31(39)22-25-3-6-27(7-4-25)44-21-20-43-19-18-42-17-16-41-15-14-38-12-10-33-11-13-38/h3-4,6-7,24,26,28,33H,2,5,8-23H2,1H3,(H,34,40)(H2,35,36,37,39)/t26-,28+/m1/s1. The Hall–Kier alpha value is -3.23. The van der Waals surface area contributed by atoms with E-state index in [-0.39, 0.29) is 30.4 Å². The summed E-state index contributed by atoms with van der Waals surface area (Å²) >= 11 is 0. The van der Waals surface area contributed by atoms with Gasteiger partial charge >= 0.3 is 6.09 Å². The lowest BCUT2D eigenvalue weighted by atomic mass is 10.0. The molecule has 4 N–H and O–H groups in total. The largest absolute Gasteiger partial charge is 0.491 e. The average Bonchev–Trinajstić information content (AvgIpc) is 3.71. The highest BCUT2D eigenvalue weighted by atomic mass is 16.6. The van der Waals surface area contributed by atoms with Gasteiger partial charge < -0.3 is 39.6 Å². The first-order chi connectivity index (χ1) is 22.1. The van der Waals surface area contributed by atoms with Crippen LogP contribution in [0.1, 0.15) is 49.8 Å². The van der Waals surface area contributed by atoms with Crippen molar-refractivity contribution in [3.05, 3.63) is 41.6 Å². The van der Waals surface area contributed by atoms with E-state index in [1.165, 1.54) is 0 Å². The average molecular weight is 631 g/mol.